The molecule has 1 aromatic carbocycles. The highest BCUT2D eigenvalue weighted by Gasteiger charge is 2.34. The van der Waals surface area contributed by atoms with Crippen LogP contribution >= 0.6 is 0 Å². The van der Waals surface area contributed by atoms with Crippen molar-refractivity contribution >= 4 is 9.84 Å². The van der Waals surface area contributed by atoms with E-state index in [0.717, 1.165) is 5.56 Å². The van der Waals surface area contributed by atoms with Gasteiger partial charge in [-0.2, -0.15) is 0 Å². The summed E-state index contributed by atoms with van der Waals surface area (Å²) in [6, 6.07) is 8.00. The maximum absolute atomic E-state index is 11.5. The molecular formula is C16H25NO2S. The molecule has 1 saturated carbocycles. The van der Waals surface area contributed by atoms with Crippen LogP contribution in [0.5, 0.6) is 0 Å². The van der Waals surface area contributed by atoms with Gasteiger partial charge < -0.3 is 5.32 Å². The summed E-state index contributed by atoms with van der Waals surface area (Å²) in [4.78, 5) is 0.384. The van der Waals surface area contributed by atoms with Crippen LogP contribution in [0.25, 0.3) is 0 Å². The minimum absolute atomic E-state index is 0.242. The molecule has 0 aliphatic heterocycles. The molecule has 2 unspecified atom stereocenters. The molecule has 20 heavy (non-hydrogen) atoms. The lowest BCUT2D eigenvalue weighted by Gasteiger charge is -2.31. The lowest BCUT2D eigenvalue weighted by molar-refractivity contribution is 0.266. The van der Waals surface area contributed by atoms with Crippen molar-refractivity contribution in [3.63, 3.8) is 0 Å². The third kappa shape index (κ3) is 3.41. The van der Waals surface area contributed by atoms with E-state index in [0.29, 0.717) is 16.4 Å². The van der Waals surface area contributed by atoms with Crippen LogP contribution in [0.15, 0.2) is 29.2 Å². The first kappa shape index (κ1) is 15.5. The Kier molecular flexibility index (Phi) is 4.26. The highest BCUT2D eigenvalue weighted by Crippen LogP contribution is 2.38. The summed E-state index contributed by atoms with van der Waals surface area (Å²) in [6.07, 6.45) is 5.01. The minimum atomic E-state index is -3.11. The molecule has 1 aromatic rings. The summed E-state index contributed by atoms with van der Waals surface area (Å²) >= 11 is 0. The summed E-state index contributed by atoms with van der Waals surface area (Å²) in [5, 5.41) is 3.69. The molecule has 0 bridgehead atoms. The first-order chi connectivity index (χ1) is 9.20. The fraction of sp³-hybridized carbons (Fsp3) is 0.625. The van der Waals surface area contributed by atoms with E-state index in [2.05, 4.69) is 26.1 Å². The predicted molar refractivity (Wildman–Crippen MR) is 82.5 cm³/mol. The third-order valence-electron chi connectivity index (χ3n) is 4.52. The molecule has 1 fully saturated rings. The van der Waals surface area contributed by atoms with Crippen molar-refractivity contribution in [3.05, 3.63) is 29.8 Å². The zero-order chi connectivity index (χ0) is 15.0. The second-order valence-corrected chi connectivity index (χ2v) is 8.68. The van der Waals surface area contributed by atoms with Gasteiger partial charge >= 0.3 is 0 Å². The van der Waals surface area contributed by atoms with Crippen molar-refractivity contribution in [3.8, 4) is 0 Å². The van der Waals surface area contributed by atoms with Crippen molar-refractivity contribution in [1.29, 1.82) is 0 Å². The normalized spacial score (nSPS) is 23.7. The van der Waals surface area contributed by atoms with Gasteiger partial charge in [0, 0.05) is 18.3 Å². The highest BCUT2D eigenvalue weighted by molar-refractivity contribution is 7.90. The van der Waals surface area contributed by atoms with Gasteiger partial charge in [0.25, 0.3) is 0 Å². The average Bonchev–Trinajstić information content (AvgIpc) is 2.68. The van der Waals surface area contributed by atoms with E-state index < -0.39 is 9.84 Å². The van der Waals surface area contributed by atoms with Crippen LogP contribution in [0.4, 0.5) is 0 Å². The van der Waals surface area contributed by atoms with E-state index in [-0.39, 0.29) is 6.04 Å². The van der Waals surface area contributed by atoms with Gasteiger partial charge in [0.2, 0.25) is 0 Å². The molecule has 4 heteroatoms. The van der Waals surface area contributed by atoms with Crippen LogP contribution in [0, 0.1) is 5.41 Å². The quantitative estimate of drug-likeness (QED) is 0.927. The predicted octanol–water partition coefficient (Wildman–Crippen LogP) is 3.32. The molecule has 1 N–H and O–H groups in total. The van der Waals surface area contributed by atoms with Crippen LogP contribution in [0.3, 0.4) is 0 Å². The van der Waals surface area contributed by atoms with Crippen molar-refractivity contribution in [2.45, 2.75) is 57.0 Å². The largest absolute Gasteiger partial charge is 0.307 e. The Labute approximate surface area is 122 Å². The van der Waals surface area contributed by atoms with Crippen molar-refractivity contribution in [2.75, 3.05) is 6.26 Å². The van der Waals surface area contributed by atoms with E-state index in [1.807, 2.05) is 12.1 Å². The number of hydrogen-bond donors (Lipinski definition) is 1. The van der Waals surface area contributed by atoms with Crippen LogP contribution in [0.1, 0.15) is 51.6 Å². The van der Waals surface area contributed by atoms with Gasteiger partial charge in [-0.15, -0.1) is 0 Å². The second-order valence-electron chi connectivity index (χ2n) is 6.66. The van der Waals surface area contributed by atoms with Gasteiger partial charge in [0.1, 0.15) is 0 Å². The summed E-state index contributed by atoms with van der Waals surface area (Å²) < 4.78 is 22.9. The molecule has 1 aliphatic carbocycles. The Bertz CT molecular complexity index is 561. The number of nitrogens with one attached hydrogen (secondary N) is 1. The Morgan fingerprint density at radius 3 is 2.30 bits per heavy atom. The van der Waals surface area contributed by atoms with Crippen LogP contribution < -0.4 is 5.32 Å². The molecule has 3 nitrogen and oxygen atoms in total. The maximum atomic E-state index is 11.5. The van der Waals surface area contributed by atoms with E-state index in [9.17, 15) is 8.42 Å². The highest BCUT2D eigenvalue weighted by atomic mass is 32.2. The average molecular weight is 295 g/mol. The van der Waals surface area contributed by atoms with E-state index in [1.54, 1.807) is 12.1 Å². The molecule has 0 amide bonds. The van der Waals surface area contributed by atoms with Crippen LogP contribution in [-0.4, -0.2) is 20.7 Å². The van der Waals surface area contributed by atoms with Crippen LogP contribution in [0.2, 0.25) is 0 Å². The number of sulfone groups is 1. The zero-order valence-electron chi connectivity index (χ0n) is 12.8. The SMILES string of the molecule is CC(NC1CCCC1(C)C)c1ccc(S(C)(=O)=O)cc1. The molecule has 0 radical (unpaired) electrons. The van der Waals surface area contributed by atoms with Gasteiger partial charge in [-0.25, -0.2) is 8.42 Å². The van der Waals surface area contributed by atoms with Gasteiger partial charge in [-0.05, 0) is 42.9 Å². The van der Waals surface area contributed by atoms with Gasteiger partial charge in [0.15, 0.2) is 9.84 Å². The summed E-state index contributed by atoms with van der Waals surface area (Å²) in [6.45, 7) is 6.78. The van der Waals surface area contributed by atoms with Crippen LogP contribution in [-0.2, 0) is 9.84 Å². The number of rotatable bonds is 4. The van der Waals surface area contributed by atoms with Crippen molar-refractivity contribution in [1.82, 2.24) is 5.32 Å². The van der Waals surface area contributed by atoms with Crippen molar-refractivity contribution < 1.29 is 8.42 Å². The molecule has 1 aliphatic rings. The lowest BCUT2D eigenvalue weighted by Crippen LogP contribution is -2.39. The lowest BCUT2D eigenvalue weighted by atomic mass is 9.86. The number of hydrogen-bond acceptors (Lipinski definition) is 3. The van der Waals surface area contributed by atoms with E-state index >= 15 is 0 Å². The summed E-state index contributed by atoms with van der Waals surface area (Å²) in [5.74, 6) is 0. The molecule has 0 aromatic heterocycles. The van der Waals surface area contributed by atoms with Crippen molar-refractivity contribution in [2.24, 2.45) is 5.41 Å². The number of benzene rings is 1. The standard InChI is InChI=1S/C16H25NO2S/c1-12(17-15-6-5-11-16(15,2)3)13-7-9-14(10-8-13)20(4,18)19/h7-10,12,15,17H,5-6,11H2,1-4H3. The van der Waals surface area contributed by atoms with Gasteiger partial charge in [0.05, 0.1) is 4.90 Å². The first-order valence-electron chi connectivity index (χ1n) is 7.26. The molecule has 2 atom stereocenters. The molecule has 2 rings (SSSR count). The molecule has 0 spiro atoms. The molecule has 112 valence electrons. The smallest absolute Gasteiger partial charge is 0.175 e. The zero-order valence-corrected chi connectivity index (χ0v) is 13.6. The fourth-order valence-electron chi connectivity index (χ4n) is 3.04. The monoisotopic (exact) mass is 295 g/mol. The summed E-state index contributed by atoms with van der Waals surface area (Å²) in [7, 11) is -3.11. The Morgan fingerprint density at radius 1 is 1.25 bits per heavy atom. The third-order valence-corrected chi connectivity index (χ3v) is 5.65. The minimum Gasteiger partial charge on any atom is -0.307 e. The van der Waals surface area contributed by atoms with E-state index in [1.165, 1.54) is 25.5 Å². The molecule has 0 saturated heterocycles. The fourth-order valence-corrected chi connectivity index (χ4v) is 3.67. The van der Waals surface area contributed by atoms with Gasteiger partial charge in [-0.3, -0.25) is 0 Å². The maximum Gasteiger partial charge on any atom is 0.175 e. The second kappa shape index (κ2) is 5.49. The topological polar surface area (TPSA) is 46.2 Å². The molecule has 0 heterocycles. The van der Waals surface area contributed by atoms with E-state index in [4.69, 9.17) is 0 Å². The Morgan fingerprint density at radius 2 is 1.85 bits per heavy atom. The Hall–Kier alpha value is -0.870. The molecular weight excluding hydrogens is 270 g/mol. The van der Waals surface area contributed by atoms with Gasteiger partial charge in [-0.1, -0.05) is 32.4 Å². The Balaban J connectivity index is 2.08. The first-order valence-corrected chi connectivity index (χ1v) is 9.15. The summed E-state index contributed by atoms with van der Waals surface area (Å²) in [5.41, 5.74) is 1.49.